The molecule has 1 fully saturated rings. The molecule has 2 aliphatic rings. The van der Waals surface area contributed by atoms with Gasteiger partial charge in [-0.2, -0.15) is 0 Å². The molecule has 1 N–H and O–H groups in total. The molecule has 2 amide bonds. The molecule has 1 saturated heterocycles. The van der Waals surface area contributed by atoms with Crippen LogP contribution in [0.5, 0.6) is 0 Å². The van der Waals surface area contributed by atoms with E-state index in [2.05, 4.69) is 28.5 Å². The highest BCUT2D eigenvalue weighted by molar-refractivity contribution is 7.09. The van der Waals surface area contributed by atoms with E-state index in [4.69, 9.17) is 4.74 Å². The fourth-order valence-corrected chi connectivity index (χ4v) is 4.41. The standard InChI is InChI=1S/C18H21N3O2S/c1-12-11-24-17(19-12)16-10-23-9-8-21(16)18(22)20-15-7-6-13-4-2-3-5-14(13)15/h2-5,11,15-16H,6-10H2,1H3,(H,20,22). The Morgan fingerprint density at radius 1 is 1.42 bits per heavy atom. The molecule has 1 aliphatic heterocycles. The second-order valence-electron chi connectivity index (χ2n) is 6.35. The quantitative estimate of drug-likeness (QED) is 0.911. The van der Waals surface area contributed by atoms with Crippen LogP contribution in [0.25, 0.3) is 0 Å². The number of fused-ring (bicyclic) bond motifs is 1. The monoisotopic (exact) mass is 343 g/mol. The molecule has 0 saturated carbocycles. The molecule has 0 radical (unpaired) electrons. The maximum Gasteiger partial charge on any atom is 0.318 e. The van der Waals surface area contributed by atoms with Crippen LogP contribution in [0.4, 0.5) is 4.79 Å². The van der Waals surface area contributed by atoms with Gasteiger partial charge >= 0.3 is 6.03 Å². The number of carbonyl (C=O) groups excluding carboxylic acids is 1. The summed E-state index contributed by atoms with van der Waals surface area (Å²) < 4.78 is 5.60. The molecule has 126 valence electrons. The van der Waals surface area contributed by atoms with Gasteiger partial charge in [-0.1, -0.05) is 24.3 Å². The summed E-state index contributed by atoms with van der Waals surface area (Å²) in [6.07, 6.45) is 2.00. The Morgan fingerprint density at radius 3 is 3.12 bits per heavy atom. The van der Waals surface area contributed by atoms with Gasteiger partial charge in [-0.15, -0.1) is 11.3 Å². The fraction of sp³-hybridized carbons (Fsp3) is 0.444. The Hall–Kier alpha value is -1.92. The van der Waals surface area contributed by atoms with Gasteiger partial charge in [-0.3, -0.25) is 0 Å². The van der Waals surface area contributed by atoms with Crippen molar-refractivity contribution in [2.24, 2.45) is 0 Å². The summed E-state index contributed by atoms with van der Waals surface area (Å²) >= 11 is 1.60. The van der Waals surface area contributed by atoms with Crippen LogP contribution in [0.15, 0.2) is 29.6 Å². The lowest BCUT2D eigenvalue weighted by Gasteiger charge is -2.35. The highest BCUT2D eigenvalue weighted by Crippen LogP contribution is 2.32. The summed E-state index contributed by atoms with van der Waals surface area (Å²) in [5, 5.41) is 6.19. The highest BCUT2D eigenvalue weighted by atomic mass is 32.1. The number of hydrogen-bond acceptors (Lipinski definition) is 4. The van der Waals surface area contributed by atoms with E-state index in [0.29, 0.717) is 19.8 Å². The molecule has 2 unspecified atom stereocenters. The van der Waals surface area contributed by atoms with Crippen molar-refractivity contribution in [2.75, 3.05) is 19.8 Å². The number of nitrogens with one attached hydrogen (secondary N) is 1. The number of hydrogen-bond donors (Lipinski definition) is 1. The molecule has 0 spiro atoms. The number of carbonyl (C=O) groups is 1. The first-order valence-corrected chi connectivity index (χ1v) is 9.25. The minimum atomic E-state index is -0.0888. The number of morpholine rings is 1. The first-order valence-electron chi connectivity index (χ1n) is 8.37. The zero-order chi connectivity index (χ0) is 16.5. The minimum Gasteiger partial charge on any atom is -0.377 e. The van der Waals surface area contributed by atoms with Crippen LogP contribution < -0.4 is 5.32 Å². The topological polar surface area (TPSA) is 54.5 Å². The maximum atomic E-state index is 12.9. The van der Waals surface area contributed by atoms with E-state index >= 15 is 0 Å². The van der Waals surface area contributed by atoms with Crippen molar-refractivity contribution in [2.45, 2.75) is 31.8 Å². The van der Waals surface area contributed by atoms with Gasteiger partial charge < -0.3 is 15.0 Å². The van der Waals surface area contributed by atoms with Gasteiger partial charge in [0.1, 0.15) is 11.0 Å². The van der Waals surface area contributed by atoms with Crippen LogP contribution in [-0.4, -0.2) is 35.7 Å². The third-order valence-electron chi connectivity index (χ3n) is 4.74. The predicted octanol–water partition coefficient (Wildman–Crippen LogP) is 3.22. The number of aryl methyl sites for hydroxylation is 2. The molecule has 1 aliphatic carbocycles. The Labute approximate surface area is 145 Å². The van der Waals surface area contributed by atoms with Gasteiger partial charge in [0.25, 0.3) is 0 Å². The zero-order valence-electron chi connectivity index (χ0n) is 13.7. The lowest BCUT2D eigenvalue weighted by atomic mass is 10.1. The fourth-order valence-electron chi connectivity index (χ4n) is 3.52. The number of thiazole rings is 1. The third-order valence-corrected chi connectivity index (χ3v) is 5.81. The SMILES string of the molecule is Cc1csc(C2COCCN2C(=O)NC2CCc3ccccc32)n1. The lowest BCUT2D eigenvalue weighted by Crippen LogP contribution is -2.48. The molecule has 0 bridgehead atoms. The molecule has 5 nitrogen and oxygen atoms in total. The van der Waals surface area contributed by atoms with E-state index in [0.717, 1.165) is 23.5 Å². The molecule has 2 heterocycles. The van der Waals surface area contributed by atoms with Crippen molar-refractivity contribution in [1.29, 1.82) is 0 Å². The van der Waals surface area contributed by atoms with Crippen molar-refractivity contribution >= 4 is 17.4 Å². The van der Waals surface area contributed by atoms with Crippen molar-refractivity contribution in [1.82, 2.24) is 15.2 Å². The Morgan fingerprint density at radius 2 is 2.29 bits per heavy atom. The van der Waals surface area contributed by atoms with E-state index in [1.54, 1.807) is 11.3 Å². The summed E-state index contributed by atoms with van der Waals surface area (Å²) in [5.74, 6) is 0. The van der Waals surface area contributed by atoms with E-state index in [-0.39, 0.29) is 18.1 Å². The molecule has 6 heteroatoms. The molecule has 2 atom stereocenters. The minimum absolute atomic E-state index is 0.0159. The van der Waals surface area contributed by atoms with Gasteiger partial charge in [0.2, 0.25) is 0 Å². The van der Waals surface area contributed by atoms with E-state index in [1.807, 2.05) is 23.3 Å². The number of nitrogens with zero attached hydrogens (tertiary/aromatic N) is 2. The second kappa shape index (κ2) is 6.53. The predicted molar refractivity (Wildman–Crippen MR) is 93.2 cm³/mol. The Kier molecular flexibility index (Phi) is 4.24. The molecular weight excluding hydrogens is 322 g/mol. The number of ether oxygens (including phenoxy) is 1. The third kappa shape index (κ3) is 2.91. The summed E-state index contributed by atoms with van der Waals surface area (Å²) in [4.78, 5) is 19.3. The zero-order valence-corrected chi connectivity index (χ0v) is 14.5. The van der Waals surface area contributed by atoms with Crippen LogP contribution in [-0.2, 0) is 11.2 Å². The van der Waals surface area contributed by atoms with Crippen molar-refractivity contribution < 1.29 is 9.53 Å². The van der Waals surface area contributed by atoms with Crippen LogP contribution in [0.1, 0.15) is 40.3 Å². The number of aromatic nitrogens is 1. The first-order chi connectivity index (χ1) is 11.7. The summed E-state index contributed by atoms with van der Waals surface area (Å²) in [5.41, 5.74) is 3.59. The lowest BCUT2D eigenvalue weighted by molar-refractivity contribution is 0.0109. The van der Waals surface area contributed by atoms with Crippen LogP contribution in [0.2, 0.25) is 0 Å². The van der Waals surface area contributed by atoms with E-state index < -0.39 is 0 Å². The number of rotatable bonds is 2. The van der Waals surface area contributed by atoms with Crippen molar-refractivity contribution in [3.05, 3.63) is 51.5 Å². The number of benzene rings is 1. The molecule has 24 heavy (non-hydrogen) atoms. The molecule has 4 rings (SSSR count). The van der Waals surface area contributed by atoms with E-state index in [9.17, 15) is 4.79 Å². The maximum absolute atomic E-state index is 12.9. The van der Waals surface area contributed by atoms with Crippen molar-refractivity contribution in [3.63, 3.8) is 0 Å². The highest BCUT2D eigenvalue weighted by Gasteiger charge is 2.33. The average molecular weight is 343 g/mol. The number of amides is 2. The van der Waals surface area contributed by atoms with Gasteiger partial charge in [0.15, 0.2) is 0 Å². The average Bonchev–Trinajstić information content (AvgIpc) is 3.22. The van der Waals surface area contributed by atoms with Gasteiger partial charge in [0, 0.05) is 17.6 Å². The van der Waals surface area contributed by atoms with Gasteiger partial charge in [0.05, 0.1) is 19.3 Å². The molecular formula is C18H21N3O2S. The Balaban J connectivity index is 1.50. The van der Waals surface area contributed by atoms with Crippen LogP contribution >= 0.6 is 11.3 Å². The summed E-state index contributed by atoms with van der Waals surface area (Å²) in [7, 11) is 0. The molecule has 1 aromatic carbocycles. The second-order valence-corrected chi connectivity index (χ2v) is 7.24. The first kappa shape index (κ1) is 15.6. The smallest absolute Gasteiger partial charge is 0.318 e. The number of urea groups is 1. The molecule has 1 aromatic heterocycles. The normalized spacial score (nSPS) is 23.1. The molecule has 2 aromatic rings. The van der Waals surface area contributed by atoms with Gasteiger partial charge in [-0.05, 0) is 30.9 Å². The van der Waals surface area contributed by atoms with E-state index in [1.165, 1.54) is 11.1 Å². The van der Waals surface area contributed by atoms with Crippen LogP contribution in [0.3, 0.4) is 0 Å². The largest absolute Gasteiger partial charge is 0.377 e. The van der Waals surface area contributed by atoms with Crippen LogP contribution in [0, 0.1) is 6.92 Å². The van der Waals surface area contributed by atoms with Crippen molar-refractivity contribution in [3.8, 4) is 0 Å². The Bertz CT molecular complexity index is 745. The summed E-state index contributed by atoms with van der Waals surface area (Å²) in [6.45, 7) is 3.67. The van der Waals surface area contributed by atoms with Gasteiger partial charge in [-0.25, -0.2) is 9.78 Å². The summed E-state index contributed by atoms with van der Waals surface area (Å²) in [6, 6.07) is 8.37.